The number of aromatic nitrogens is 4. The minimum Gasteiger partial charge on any atom is -0.772 e. The third kappa shape index (κ3) is 6.12. The Hall–Kier alpha value is -3.11. The molecule has 1 atom stereocenters. The van der Waals surface area contributed by atoms with Crippen molar-refractivity contribution in [2.45, 2.75) is 19.5 Å². The van der Waals surface area contributed by atoms with Crippen LogP contribution in [0.4, 0.5) is 21.5 Å². The van der Waals surface area contributed by atoms with Gasteiger partial charge in [0.2, 0.25) is 0 Å². The lowest BCUT2D eigenvalue weighted by Crippen LogP contribution is -2.04. The van der Waals surface area contributed by atoms with Crippen LogP contribution >= 0.6 is 27.5 Å². The van der Waals surface area contributed by atoms with E-state index in [-0.39, 0.29) is 10.8 Å². The molecule has 2 heterocycles. The van der Waals surface area contributed by atoms with Crippen molar-refractivity contribution in [3.05, 3.63) is 69.3 Å². The SMILES string of the molecule is N#Cc1cnc2c(Br)cc(NCc3cn(CCCS(=O)[O-])nn3)cc2c1Nc1ccc(F)c(Cl)c1. The molecule has 0 radical (unpaired) electrons. The van der Waals surface area contributed by atoms with E-state index in [1.54, 1.807) is 10.9 Å². The van der Waals surface area contributed by atoms with Crippen LogP contribution in [-0.4, -0.2) is 34.5 Å². The van der Waals surface area contributed by atoms with E-state index < -0.39 is 16.9 Å². The maximum atomic E-state index is 13.6. The van der Waals surface area contributed by atoms with Gasteiger partial charge in [0.05, 0.1) is 34.5 Å². The summed E-state index contributed by atoms with van der Waals surface area (Å²) in [6, 6.07) is 10.0. The maximum absolute atomic E-state index is 13.6. The number of anilines is 3. The number of halogens is 3. The van der Waals surface area contributed by atoms with Gasteiger partial charge in [-0.25, -0.2) is 4.39 Å². The molecule has 1 unspecified atom stereocenters. The zero-order valence-corrected chi connectivity index (χ0v) is 21.1. The molecule has 2 aromatic heterocycles. The number of pyridine rings is 1. The van der Waals surface area contributed by atoms with Crippen LogP contribution in [-0.2, 0) is 24.2 Å². The van der Waals surface area contributed by atoms with Crippen molar-refractivity contribution in [2.24, 2.45) is 0 Å². The largest absolute Gasteiger partial charge is 0.772 e. The molecule has 0 aliphatic heterocycles. The summed E-state index contributed by atoms with van der Waals surface area (Å²) in [7, 11) is 0. The second-order valence-electron chi connectivity index (χ2n) is 7.45. The van der Waals surface area contributed by atoms with Gasteiger partial charge in [0.1, 0.15) is 17.6 Å². The highest BCUT2D eigenvalue weighted by atomic mass is 79.9. The Morgan fingerprint density at radius 1 is 1.29 bits per heavy atom. The predicted molar refractivity (Wildman–Crippen MR) is 135 cm³/mol. The number of hydrogen-bond donors (Lipinski definition) is 2. The van der Waals surface area contributed by atoms with Gasteiger partial charge in [-0.3, -0.25) is 13.9 Å². The van der Waals surface area contributed by atoms with E-state index in [9.17, 15) is 18.4 Å². The molecule has 9 nitrogen and oxygen atoms in total. The summed E-state index contributed by atoms with van der Waals surface area (Å²) < 4.78 is 37.2. The summed E-state index contributed by atoms with van der Waals surface area (Å²) in [6.45, 7) is 0.820. The molecule has 0 spiro atoms. The van der Waals surface area contributed by atoms with E-state index in [0.29, 0.717) is 57.5 Å². The van der Waals surface area contributed by atoms with Gasteiger partial charge in [0, 0.05) is 39.7 Å². The van der Waals surface area contributed by atoms with Crippen molar-refractivity contribution in [1.82, 2.24) is 20.0 Å². The molecule has 2 N–H and O–H groups in total. The number of rotatable bonds is 9. The number of benzene rings is 2. The topological polar surface area (TPSA) is 132 Å². The lowest BCUT2D eigenvalue weighted by atomic mass is 10.1. The van der Waals surface area contributed by atoms with Crippen LogP contribution in [0.2, 0.25) is 5.02 Å². The minimum atomic E-state index is -2.08. The normalized spacial score (nSPS) is 11.9. The summed E-state index contributed by atoms with van der Waals surface area (Å²) in [5, 5.41) is 24.8. The molecule has 0 bridgehead atoms. The summed E-state index contributed by atoms with van der Waals surface area (Å²) in [5.41, 5.74) is 3.37. The molecule has 4 aromatic rings. The monoisotopic (exact) mass is 576 g/mol. The molecule has 2 aromatic carbocycles. The number of fused-ring (bicyclic) bond motifs is 1. The van der Waals surface area contributed by atoms with Gasteiger partial charge in [-0.2, -0.15) is 5.26 Å². The molecule has 0 fully saturated rings. The second-order valence-corrected chi connectivity index (χ2v) is 9.73. The average molecular weight is 578 g/mol. The highest BCUT2D eigenvalue weighted by molar-refractivity contribution is 9.10. The zero-order valence-electron chi connectivity index (χ0n) is 18.0. The first-order chi connectivity index (χ1) is 16.8. The third-order valence-corrected chi connectivity index (χ3v) is 6.51. The number of aryl methyl sites for hydroxylation is 1. The molecular formula is C22H17BrClFN7O2S-. The van der Waals surface area contributed by atoms with Crippen LogP contribution < -0.4 is 10.6 Å². The predicted octanol–water partition coefficient (Wildman–Crippen LogP) is 4.88. The lowest BCUT2D eigenvalue weighted by molar-refractivity contribution is 0.524. The molecular weight excluding hydrogens is 561 g/mol. The number of hydrogen-bond acceptors (Lipinski definition) is 8. The fourth-order valence-electron chi connectivity index (χ4n) is 3.37. The van der Waals surface area contributed by atoms with Crippen molar-refractivity contribution in [1.29, 1.82) is 5.26 Å². The standard InChI is InChI=1S/C22H18BrClFN7O2S/c23-18-7-15(27-11-16-12-32(31-30-16)4-1-5-35(33)34)6-17-21(13(9-26)10-28-22(17)18)29-14-2-3-20(25)19(24)8-14/h2-3,6-8,10,12,27H,1,4-5,11H2,(H,28,29)(H,33,34)/p-1. The lowest BCUT2D eigenvalue weighted by Gasteiger charge is -2.14. The van der Waals surface area contributed by atoms with Crippen LogP contribution in [0.3, 0.4) is 0 Å². The second kappa shape index (κ2) is 11.1. The van der Waals surface area contributed by atoms with Crippen LogP contribution in [0.5, 0.6) is 0 Å². The smallest absolute Gasteiger partial charge is 0.141 e. The first kappa shape index (κ1) is 25.0. The Labute approximate surface area is 215 Å². The quantitative estimate of drug-likeness (QED) is 0.269. The summed E-state index contributed by atoms with van der Waals surface area (Å²) in [4.78, 5) is 4.40. The van der Waals surface area contributed by atoms with E-state index in [1.807, 2.05) is 12.1 Å². The summed E-state index contributed by atoms with van der Waals surface area (Å²) in [5.74, 6) is -0.471. The first-order valence-electron chi connectivity index (χ1n) is 10.3. The van der Waals surface area contributed by atoms with Crippen molar-refractivity contribution < 1.29 is 13.2 Å². The highest BCUT2D eigenvalue weighted by Gasteiger charge is 2.14. The van der Waals surface area contributed by atoms with Crippen LogP contribution in [0.1, 0.15) is 17.7 Å². The number of nitrogens with one attached hydrogen (secondary N) is 2. The molecule has 35 heavy (non-hydrogen) atoms. The molecule has 0 saturated heterocycles. The van der Waals surface area contributed by atoms with Crippen molar-refractivity contribution in [3.63, 3.8) is 0 Å². The van der Waals surface area contributed by atoms with Gasteiger partial charge in [-0.1, -0.05) is 27.9 Å². The number of nitrogens with zero attached hydrogens (tertiary/aromatic N) is 5. The summed E-state index contributed by atoms with van der Waals surface area (Å²) >= 11 is 7.38. The van der Waals surface area contributed by atoms with Crippen LogP contribution in [0.25, 0.3) is 10.9 Å². The molecule has 0 saturated carbocycles. The molecule has 13 heteroatoms. The van der Waals surface area contributed by atoms with Gasteiger partial charge >= 0.3 is 0 Å². The van der Waals surface area contributed by atoms with E-state index in [0.717, 1.165) is 5.69 Å². The fourth-order valence-corrected chi connectivity index (χ4v) is 4.47. The Kier molecular flexibility index (Phi) is 7.92. The Morgan fingerprint density at radius 3 is 2.86 bits per heavy atom. The highest BCUT2D eigenvalue weighted by Crippen LogP contribution is 2.35. The molecule has 0 aliphatic rings. The minimum absolute atomic E-state index is 0.0373. The molecule has 0 aliphatic carbocycles. The third-order valence-electron chi connectivity index (χ3n) is 4.99. The fraction of sp³-hybridized carbons (Fsp3) is 0.182. The van der Waals surface area contributed by atoms with E-state index >= 15 is 0 Å². The van der Waals surface area contributed by atoms with Gasteiger partial charge in [-0.05, 0) is 52.7 Å². The van der Waals surface area contributed by atoms with E-state index in [4.69, 9.17) is 11.6 Å². The van der Waals surface area contributed by atoms with E-state index in [1.165, 1.54) is 24.4 Å². The van der Waals surface area contributed by atoms with E-state index in [2.05, 4.69) is 47.9 Å². The van der Waals surface area contributed by atoms with Crippen molar-refractivity contribution in [3.8, 4) is 6.07 Å². The Bertz CT molecular complexity index is 1460. The Balaban J connectivity index is 1.59. The first-order valence-corrected chi connectivity index (χ1v) is 12.7. The average Bonchev–Trinajstić information content (AvgIpc) is 3.28. The van der Waals surface area contributed by atoms with Gasteiger partial charge < -0.3 is 15.2 Å². The number of nitriles is 1. The van der Waals surface area contributed by atoms with Crippen molar-refractivity contribution in [2.75, 3.05) is 16.4 Å². The molecule has 4 rings (SSSR count). The van der Waals surface area contributed by atoms with Gasteiger partial charge in [-0.15, -0.1) is 5.10 Å². The van der Waals surface area contributed by atoms with Gasteiger partial charge in [0.25, 0.3) is 0 Å². The maximum Gasteiger partial charge on any atom is 0.141 e. The van der Waals surface area contributed by atoms with Crippen LogP contribution in [0.15, 0.2) is 47.2 Å². The zero-order chi connectivity index (χ0) is 24.9. The van der Waals surface area contributed by atoms with Crippen LogP contribution in [0, 0.1) is 17.1 Å². The van der Waals surface area contributed by atoms with Gasteiger partial charge in [0.15, 0.2) is 0 Å². The van der Waals surface area contributed by atoms with Crippen molar-refractivity contribution >= 4 is 66.6 Å². The molecule has 0 amide bonds. The summed E-state index contributed by atoms with van der Waals surface area (Å²) in [6.07, 6.45) is 3.67. The Morgan fingerprint density at radius 2 is 2.11 bits per heavy atom. The molecule has 180 valence electrons.